The summed E-state index contributed by atoms with van der Waals surface area (Å²) in [6, 6.07) is 15.3. The number of carbonyl (C=O) groups excluding carboxylic acids is 1. The van der Waals surface area contributed by atoms with Crippen LogP contribution in [0.4, 0.5) is 10.2 Å². The molecule has 2 aromatic carbocycles. The van der Waals surface area contributed by atoms with Gasteiger partial charge in [0.1, 0.15) is 23.6 Å². The molecule has 3 N–H and O–H groups in total. The van der Waals surface area contributed by atoms with Gasteiger partial charge in [0.2, 0.25) is 15.9 Å². The number of amides is 1. The lowest BCUT2D eigenvalue weighted by atomic mass is 9.73. The van der Waals surface area contributed by atoms with Gasteiger partial charge in [0.25, 0.3) is 0 Å². The summed E-state index contributed by atoms with van der Waals surface area (Å²) in [5.41, 5.74) is 6.25. The van der Waals surface area contributed by atoms with Crippen molar-refractivity contribution in [3.63, 3.8) is 0 Å². The molecule has 0 unspecified atom stereocenters. The molecule has 0 bridgehead atoms. The standard InChI is InChI=1S/C28H34FN5O4S/c1-20-7-10-25(21-5-3-2-4-6-21)39(36,37)34(20)18-22-8-9-23(17-24(22)29)28(12-15-38-16-13-28)27(35)31-19-33-14-11-26(30)32-33/h2-6,8-9,11,14,17,20,25H,7,10,12-13,15-16,18-19H2,1H3,(H2,30,32)(H,31,35)/t20-,25+/m0/s1. The van der Waals surface area contributed by atoms with E-state index < -0.39 is 26.5 Å². The molecule has 2 atom stereocenters. The zero-order valence-electron chi connectivity index (χ0n) is 21.9. The van der Waals surface area contributed by atoms with Gasteiger partial charge in [-0.25, -0.2) is 12.8 Å². The van der Waals surface area contributed by atoms with E-state index in [2.05, 4.69) is 10.4 Å². The van der Waals surface area contributed by atoms with Crippen molar-refractivity contribution in [2.45, 2.75) is 62.5 Å². The van der Waals surface area contributed by atoms with Crippen molar-refractivity contribution < 1.29 is 22.3 Å². The Morgan fingerprint density at radius 3 is 2.56 bits per heavy atom. The van der Waals surface area contributed by atoms with E-state index in [0.29, 0.717) is 50.3 Å². The third kappa shape index (κ3) is 5.43. The third-order valence-electron chi connectivity index (χ3n) is 7.97. The molecule has 39 heavy (non-hydrogen) atoms. The molecule has 11 heteroatoms. The van der Waals surface area contributed by atoms with Gasteiger partial charge in [-0.2, -0.15) is 9.40 Å². The van der Waals surface area contributed by atoms with Gasteiger partial charge in [0.15, 0.2) is 0 Å². The molecule has 0 saturated carbocycles. The highest BCUT2D eigenvalue weighted by atomic mass is 32.2. The van der Waals surface area contributed by atoms with Crippen molar-refractivity contribution in [2.24, 2.45) is 0 Å². The van der Waals surface area contributed by atoms with Crippen molar-refractivity contribution in [2.75, 3.05) is 18.9 Å². The maximum absolute atomic E-state index is 15.6. The highest BCUT2D eigenvalue weighted by Crippen LogP contribution is 2.39. The number of nitrogens with two attached hydrogens (primary N) is 1. The molecule has 3 heterocycles. The van der Waals surface area contributed by atoms with Crippen LogP contribution in [0, 0.1) is 5.82 Å². The number of nitrogen functional groups attached to an aromatic ring is 1. The van der Waals surface area contributed by atoms with Crippen LogP contribution in [-0.4, -0.2) is 47.7 Å². The number of benzene rings is 2. The summed E-state index contributed by atoms with van der Waals surface area (Å²) in [5.74, 6) is -0.428. The largest absolute Gasteiger partial charge is 0.382 e. The van der Waals surface area contributed by atoms with Gasteiger partial charge in [-0.3, -0.25) is 9.48 Å². The molecule has 2 saturated heterocycles. The van der Waals surface area contributed by atoms with Crippen LogP contribution in [0.2, 0.25) is 0 Å². The molecule has 1 aromatic heterocycles. The number of aromatic nitrogens is 2. The molecule has 0 radical (unpaired) electrons. The minimum absolute atomic E-state index is 0.0675. The Bertz CT molecular complexity index is 1420. The fourth-order valence-electron chi connectivity index (χ4n) is 5.65. The number of hydrogen-bond donors (Lipinski definition) is 2. The highest BCUT2D eigenvalue weighted by Gasteiger charge is 2.43. The maximum atomic E-state index is 15.6. The minimum Gasteiger partial charge on any atom is -0.382 e. The first-order valence-corrected chi connectivity index (χ1v) is 14.7. The van der Waals surface area contributed by atoms with Crippen LogP contribution < -0.4 is 11.1 Å². The molecule has 5 rings (SSSR count). The first-order chi connectivity index (χ1) is 18.7. The fraction of sp³-hybridized carbons (Fsp3) is 0.429. The molecular weight excluding hydrogens is 521 g/mol. The lowest BCUT2D eigenvalue weighted by Gasteiger charge is -2.38. The van der Waals surface area contributed by atoms with Crippen LogP contribution in [0.15, 0.2) is 60.8 Å². The van der Waals surface area contributed by atoms with Crippen molar-refractivity contribution in [3.05, 3.63) is 83.3 Å². The summed E-state index contributed by atoms with van der Waals surface area (Å²) in [4.78, 5) is 13.5. The number of halogens is 1. The number of carbonyl (C=O) groups is 1. The van der Waals surface area contributed by atoms with Crippen LogP contribution in [0.25, 0.3) is 0 Å². The van der Waals surface area contributed by atoms with E-state index in [1.54, 1.807) is 24.4 Å². The lowest BCUT2D eigenvalue weighted by molar-refractivity contribution is -0.131. The summed E-state index contributed by atoms with van der Waals surface area (Å²) in [7, 11) is -3.70. The summed E-state index contributed by atoms with van der Waals surface area (Å²) in [5, 5.41) is 6.33. The predicted octanol–water partition coefficient (Wildman–Crippen LogP) is 3.48. The van der Waals surface area contributed by atoms with E-state index in [1.807, 2.05) is 37.3 Å². The number of anilines is 1. The molecule has 208 valence electrons. The van der Waals surface area contributed by atoms with E-state index in [-0.39, 0.29) is 30.7 Å². The Kier molecular flexibility index (Phi) is 7.75. The summed E-state index contributed by atoms with van der Waals surface area (Å²) < 4.78 is 51.3. The second kappa shape index (κ2) is 11.1. The molecule has 9 nitrogen and oxygen atoms in total. The quantitative estimate of drug-likeness (QED) is 0.461. The molecule has 2 aliphatic heterocycles. The van der Waals surface area contributed by atoms with E-state index in [4.69, 9.17) is 10.5 Å². The number of nitrogens with one attached hydrogen (secondary N) is 1. The summed E-state index contributed by atoms with van der Waals surface area (Å²) in [6.07, 6.45) is 3.67. The van der Waals surface area contributed by atoms with Gasteiger partial charge in [-0.15, -0.1) is 0 Å². The van der Waals surface area contributed by atoms with Gasteiger partial charge < -0.3 is 15.8 Å². The average molecular weight is 556 g/mol. The first-order valence-electron chi connectivity index (χ1n) is 13.2. The van der Waals surface area contributed by atoms with Crippen molar-refractivity contribution in [3.8, 4) is 0 Å². The zero-order valence-corrected chi connectivity index (χ0v) is 22.7. The van der Waals surface area contributed by atoms with Crippen LogP contribution in [0.3, 0.4) is 0 Å². The van der Waals surface area contributed by atoms with E-state index in [1.165, 1.54) is 15.1 Å². The monoisotopic (exact) mass is 555 g/mol. The van der Waals surface area contributed by atoms with Crippen LogP contribution in [-0.2, 0) is 38.2 Å². The van der Waals surface area contributed by atoms with Gasteiger partial charge in [-0.05, 0) is 55.9 Å². The Balaban J connectivity index is 1.38. The van der Waals surface area contributed by atoms with Crippen LogP contribution >= 0.6 is 0 Å². The maximum Gasteiger partial charge on any atom is 0.232 e. The van der Waals surface area contributed by atoms with Crippen molar-refractivity contribution in [1.82, 2.24) is 19.4 Å². The third-order valence-corrected chi connectivity index (χ3v) is 10.3. The van der Waals surface area contributed by atoms with Crippen molar-refractivity contribution >= 4 is 21.7 Å². The van der Waals surface area contributed by atoms with Gasteiger partial charge >= 0.3 is 0 Å². The number of rotatable bonds is 7. The molecule has 0 aliphatic carbocycles. The van der Waals surface area contributed by atoms with Gasteiger partial charge in [-0.1, -0.05) is 42.5 Å². The minimum atomic E-state index is -3.70. The fourth-order valence-corrected chi connectivity index (χ4v) is 7.84. The second-order valence-corrected chi connectivity index (χ2v) is 12.4. The van der Waals surface area contributed by atoms with E-state index in [9.17, 15) is 13.2 Å². The highest BCUT2D eigenvalue weighted by molar-refractivity contribution is 7.89. The zero-order chi connectivity index (χ0) is 27.6. The molecule has 3 aromatic rings. The Hall–Kier alpha value is -3.28. The van der Waals surface area contributed by atoms with Gasteiger partial charge in [0.05, 0.1) is 5.41 Å². The predicted molar refractivity (Wildman–Crippen MR) is 145 cm³/mol. The Morgan fingerprint density at radius 2 is 1.90 bits per heavy atom. The number of sulfonamides is 1. The lowest BCUT2D eigenvalue weighted by Crippen LogP contribution is -2.48. The average Bonchev–Trinajstić information content (AvgIpc) is 3.36. The molecule has 2 aliphatic rings. The molecule has 2 fully saturated rings. The molecule has 1 amide bonds. The SMILES string of the molecule is C[C@H]1CC[C@H](c2ccccc2)S(=O)(=O)N1Cc1ccc(C2(C(=O)NCn3ccc(N)n3)CCOCC2)cc1F. The number of ether oxygens (including phenoxy) is 1. The summed E-state index contributed by atoms with van der Waals surface area (Å²) >= 11 is 0. The summed E-state index contributed by atoms with van der Waals surface area (Å²) in [6.45, 7) is 2.67. The van der Waals surface area contributed by atoms with Crippen molar-refractivity contribution in [1.29, 1.82) is 0 Å². The normalized spacial score (nSPS) is 22.8. The second-order valence-electron chi connectivity index (χ2n) is 10.4. The number of hydrogen-bond acceptors (Lipinski definition) is 6. The van der Waals surface area contributed by atoms with E-state index >= 15 is 4.39 Å². The Labute approximate surface area is 228 Å². The van der Waals surface area contributed by atoms with Crippen LogP contribution in [0.1, 0.15) is 54.5 Å². The van der Waals surface area contributed by atoms with Crippen LogP contribution in [0.5, 0.6) is 0 Å². The smallest absolute Gasteiger partial charge is 0.232 e. The topological polar surface area (TPSA) is 120 Å². The Morgan fingerprint density at radius 1 is 1.15 bits per heavy atom. The van der Waals surface area contributed by atoms with Gasteiger partial charge in [0, 0.05) is 37.6 Å². The van der Waals surface area contributed by atoms with E-state index in [0.717, 1.165) is 5.56 Å². The molecule has 0 spiro atoms. The molecular formula is C28H34FN5O4S. The number of nitrogens with zero attached hydrogens (tertiary/aromatic N) is 3. The first kappa shape index (κ1) is 27.3.